The molecular formula is C29H35F2N3OS. The second kappa shape index (κ2) is 12.7. The molecular weight excluding hydrogens is 476 g/mol. The van der Waals surface area contributed by atoms with Gasteiger partial charge in [0.25, 0.3) is 0 Å². The SMILES string of the molecule is CC(O)C(Sc1ccc(N)cc1)N1CCN(CCCC(c2ccc(F)cc2)c2ccc(F)cc2)CC1. The number of aliphatic hydroxyl groups is 1. The third kappa shape index (κ3) is 7.29. The standard InChI is InChI=1S/C29H35F2N3OS/c1-21(35)29(36-27-14-12-26(32)13-15-27)34-19-17-33(18-20-34)16-2-3-28(22-4-8-24(30)9-5-22)23-6-10-25(31)11-7-23/h4-15,21,28-29,35H,2-3,16-20,32H2,1H3. The Morgan fingerprint density at radius 2 is 1.36 bits per heavy atom. The zero-order valence-corrected chi connectivity index (χ0v) is 21.5. The summed E-state index contributed by atoms with van der Waals surface area (Å²) >= 11 is 1.68. The van der Waals surface area contributed by atoms with Gasteiger partial charge in [-0.3, -0.25) is 4.90 Å². The predicted molar refractivity (Wildman–Crippen MR) is 144 cm³/mol. The summed E-state index contributed by atoms with van der Waals surface area (Å²) < 4.78 is 27.0. The van der Waals surface area contributed by atoms with Crippen LogP contribution in [0.15, 0.2) is 77.7 Å². The van der Waals surface area contributed by atoms with Crippen LogP contribution in [0.5, 0.6) is 0 Å². The summed E-state index contributed by atoms with van der Waals surface area (Å²) in [7, 11) is 0. The molecule has 0 spiro atoms. The van der Waals surface area contributed by atoms with Crippen LogP contribution < -0.4 is 5.73 Å². The van der Waals surface area contributed by atoms with Gasteiger partial charge in [0.2, 0.25) is 0 Å². The van der Waals surface area contributed by atoms with E-state index in [0.717, 1.165) is 67.3 Å². The molecule has 1 saturated heterocycles. The highest BCUT2D eigenvalue weighted by molar-refractivity contribution is 8.00. The van der Waals surface area contributed by atoms with Crippen LogP contribution >= 0.6 is 11.8 Å². The molecule has 0 radical (unpaired) electrons. The van der Waals surface area contributed by atoms with E-state index in [1.165, 1.54) is 24.3 Å². The molecule has 3 aromatic carbocycles. The second-order valence-electron chi connectivity index (χ2n) is 9.49. The van der Waals surface area contributed by atoms with Gasteiger partial charge in [-0.25, -0.2) is 8.78 Å². The van der Waals surface area contributed by atoms with Gasteiger partial charge < -0.3 is 15.7 Å². The maximum absolute atomic E-state index is 13.5. The van der Waals surface area contributed by atoms with Crippen molar-refractivity contribution in [2.75, 3.05) is 38.5 Å². The number of nitrogens with zero attached hydrogens (tertiary/aromatic N) is 2. The van der Waals surface area contributed by atoms with E-state index in [2.05, 4.69) is 9.80 Å². The minimum absolute atomic E-state index is 0.00268. The largest absolute Gasteiger partial charge is 0.399 e. The van der Waals surface area contributed by atoms with Gasteiger partial charge in [-0.2, -0.15) is 0 Å². The summed E-state index contributed by atoms with van der Waals surface area (Å²) in [5.74, 6) is -0.400. The quantitative estimate of drug-likeness (QED) is 0.275. The van der Waals surface area contributed by atoms with Gasteiger partial charge >= 0.3 is 0 Å². The summed E-state index contributed by atoms with van der Waals surface area (Å²) in [5, 5.41) is 10.4. The number of piperazine rings is 1. The number of hydrogen-bond acceptors (Lipinski definition) is 5. The van der Waals surface area contributed by atoms with Crippen LogP contribution in [0.4, 0.5) is 14.5 Å². The van der Waals surface area contributed by atoms with Crippen molar-refractivity contribution in [1.82, 2.24) is 9.80 Å². The number of rotatable bonds is 10. The number of benzene rings is 3. The molecule has 2 unspecified atom stereocenters. The number of nitrogens with two attached hydrogens (primary N) is 1. The van der Waals surface area contributed by atoms with E-state index >= 15 is 0 Å². The fraction of sp³-hybridized carbons (Fsp3) is 0.379. The zero-order chi connectivity index (χ0) is 25.5. The Kier molecular flexibility index (Phi) is 9.37. The normalized spacial score (nSPS) is 16.8. The third-order valence-corrected chi connectivity index (χ3v) is 8.31. The summed E-state index contributed by atoms with van der Waals surface area (Å²) in [6.07, 6.45) is 1.44. The Balaban J connectivity index is 1.31. The first-order valence-electron chi connectivity index (χ1n) is 12.6. The van der Waals surface area contributed by atoms with Crippen LogP contribution in [-0.2, 0) is 0 Å². The van der Waals surface area contributed by atoms with Crippen molar-refractivity contribution in [2.45, 2.75) is 42.1 Å². The highest BCUT2D eigenvalue weighted by Gasteiger charge is 2.28. The molecule has 1 aliphatic rings. The van der Waals surface area contributed by atoms with Gasteiger partial charge in [-0.15, -0.1) is 11.8 Å². The predicted octanol–water partition coefficient (Wildman–Crippen LogP) is 5.58. The lowest BCUT2D eigenvalue weighted by Crippen LogP contribution is -2.52. The van der Waals surface area contributed by atoms with Crippen molar-refractivity contribution in [1.29, 1.82) is 0 Å². The van der Waals surface area contributed by atoms with Crippen molar-refractivity contribution in [2.24, 2.45) is 0 Å². The summed E-state index contributed by atoms with van der Waals surface area (Å²) in [5.41, 5.74) is 8.64. The van der Waals surface area contributed by atoms with Crippen molar-refractivity contribution in [3.63, 3.8) is 0 Å². The fourth-order valence-corrected chi connectivity index (χ4v) is 5.97. The van der Waals surface area contributed by atoms with E-state index in [9.17, 15) is 13.9 Å². The molecule has 3 aromatic rings. The molecule has 3 N–H and O–H groups in total. The molecule has 1 aliphatic heterocycles. The summed E-state index contributed by atoms with van der Waals surface area (Å²) in [6.45, 7) is 6.52. The second-order valence-corrected chi connectivity index (χ2v) is 10.7. The first-order valence-corrected chi connectivity index (χ1v) is 13.4. The van der Waals surface area contributed by atoms with E-state index in [1.54, 1.807) is 11.8 Å². The van der Waals surface area contributed by atoms with Crippen molar-refractivity contribution >= 4 is 17.4 Å². The molecule has 36 heavy (non-hydrogen) atoms. The molecule has 2 atom stereocenters. The average Bonchev–Trinajstić information content (AvgIpc) is 2.88. The third-order valence-electron chi connectivity index (χ3n) is 6.83. The maximum atomic E-state index is 13.5. The van der Waals surface area contributed by atoms with Crippen molar-refractivity contribution in [3.05, 3.63) is 95.6 Å². The van der Waals surface area contributed by atoms with Crippen LogP contribution in [0.2, 0.25) is 0 Å². The highest BCUT2D eigenvalue weighted by atomic mass is 32.2. The number of aliphatic hydroxyl groups excluding tert-OH is 1. The molecule has 4 rings (SSSR count). The van der Waals surface area contributed by atoms with Crippen molar-refractivity contribution < 1.29 is 13.9 Å². The summed E-state index contributed by atoms with van der Waals surface area (Å²) in [6, 6.07) is 21.1. The van der Waals surface area contributed by atoms with Crippen LogP contribution in [0.3, 0.4) is 0 Å². The number of nitrogen functional groups attached to an aromatic ring is 1. The lowest BCUT2D eigenvalue weighted by molar-refractivity contribution is 0.0650. The lowest BCUT2D eigenvalue weighted by Gasteiger charge is -2.40. The first kappa shape index (κ1) is 26.6. The van der Waals surface area contributed by atoms with Gasteiger partial charge in [0.1, 0.15) is 11.6 Å². The monoisotopic (exact) mass is 511 g/mol. The van der Waals surface area contributed by atoms with Crippen LogP contribution in [0, 0.1) is 11.6 Å². The zero-order valence-electron chi connectivity index (χ0n) is 20.7. The van der Waals surface area contributed by atoms with Crippen molar-refractivity contribution in [3.8, 4) is 0 Å². The van der Waals surface area contributed by atoms with E-state index in [-0.39, 0.29) is 22.9 Å². The van der Waals surface area contributed by atoms with Crippen LogP contribution in [0.1, 0.15) is 36.8 Å². The number of halogens is 2. The first-order chi connectivity index (χ1) is 17.4. The van der Waals surface area contributed by atoms with E-state index in [0.29, 0.717) is 0 Å². The Morgan fingerprint density at radius 1 is 0.833 bits per heavy atom. The van der Waals surface area contributed by atoms with Gasteiger partial charge in [-0.05, 0) is 86.0 Å². The highest BCUT2D eigenvalue weighted by Crippen LogP contribution is 2.31. The molecule has 0 bridgehead atoms. The van der Waals surface area contributed by atoms with Crippen LogP contribution in [-0.4, -0.2) is 59.1 Å². The van der Waals surface area contributed by atoms with Gasteiger partial charge in [0.05, 0.1) is 11.5 Å². The number of thioether (sulfide) groups is 1. The minimum Gasteiger partial charge on any atom is -0.399 e. The molecule has 7 heteroatoms. The molecule has 0 aliphatic carbocycles. The van der Waals surface area contributed by atoms with E-state index in [4.69, 9.17) is 5.73 Å². The Bertz CT molecular complexity index is 1020. The van der Waals surface area contributed by atoms with Gasteiger partial charge in [0.15, 0.2) is 0 Å². The molecule has 4 nitrogen and oxygen atoms in total. The van der Waals surface area contributed by atoms with Gasteiger partial charge in [0, 0.05) is 42.7 Å². The fourth-order valence-electron chi connectivity index (χ4n) is 4.84. The molecule has 0 aromatic heterocycles. The number of anilines is 1. The van der Waals surface area contributed by atoms with E-state index < -0.39 is 6.10 Å². The average molecular weight is 512 g/mol. The Hall–Kier alpha value is -2.45. The topological polar surface area (TPSA) is 52.7 Å². The Morgan fingerprint density at radius 3 is 1.86 bits per heavy atom. The minimum atomic E-state index is -0.453. The molecule has 192 valence electrons. The molecule has 0 amide bonds. The van der Waals surface area contributed by atoms with Gasteiger partial charge in [-0.1, -0.05) is 24.3 Å². The molecule has 1 heterocycles. The maximum Gasteiger partial charge on any atom is 0.123 e. The van der Waals surface area contributed by atoms with E-state index in [1.807, 2.05) is 55.5 Å². The van der Waals surface area contributed by atoms with Crippen LogP contribution in [0.25, 0.3) is 0 Å². The smallest absolute Gasteiger partial charge is 0.123 e. The number of hydrogen-bond donors (Lipinski definition) is 2. The Labute approximate surface area is 217 Å². The summed E-state index contributed by atoms with van der Waals surface area (Å²) in [4.78, 5) is 5.93. The lowest BCUT2D eigenvalue weighted by atomic mass is 9.87. The molecule has 1 fully saturated rings. The molecule has 0 saturated carbocycles.